The second-order valence-electron chi connectivity index (χ2n) is 8.10. The summed E-state index contributed by atoms with van der Waals surface area (Å²) in [5, 5.41) is 0.662. The number of likely N-dealkylation sites (N-methyl/N-ethyl adjacent to an activating group) is 1. The number of aromatic nitrogens is 2. The van der Waals surface area contributed by atoms with Crippen LogP contribution in [0.4, 0.5) is 5.95 Å². The maximum atomic E-state index is 11.4. The number of hydrogen-bond donors (Lipinski definition) is 1. The van der Waals surface area contributed by atoms with Crippen LogP contribution in [0.3, 0.4) is 0 Å². The van der Waals surface area contributed by atoms with Gasteiger partial charge in [-0.25, -0.2) is 4.98 Å². The lowest BCUT2D eigenvalue weighted by molar-refractivity contribution is 0.1000. The summed E-state index contributed by atoms with van der Waals surface area (Å²) >= 11 is 7.60. The van der Waals surface area contributed by atoms with Gasteiger partial charge in [-0.3, -0.25) is 4.79 Å². The molecule has 0 radical (unpaired) electrons. The fourth-order valence-electron chi connectivity index (χ4n) is 3.61. The van der Waals surface area contributed by atoms with Gasteiger partial charge in [-0.05, 0) is 62.5 Å². The Hall–Kier alpha value is -2.81. The van der Waals surface area contributed by atoms with Crippen molar-refractivity contribution >= 4 is 35.2 Å². The molecule has 33 heavy (non-hydrogen) atoms. The molecule has 0 unspecified atom stereocenters. The van der Waals surface area contributed by atoms with Gasteiger partial charge in [0, 0.05) is 34.6 Å². The number of hydrogen-bond acceptors (Lipinski definition) is 7. The summed E-state index contributed by atoms with van der Waals surface area (Å²) in [6.07, 6.45) is 2.86. The summed E-state index contributed by atoms with van der Waals surface area (Å²) in [6, 6.07) is 15.2. The van der Waals surface area contributed by atoms with Gasteiger partial charge >= 0.3 is 0 Å². The highest BCUT2D eigenvalue weighted by Gasteiger charge is 2.26. The lowest BCUT2D eigenvalue weighted by atomic mass is 10.2. The largest absolute Gasteiger partial charge is 0.472 e. The van der Waals surface area contributed by atoms with E-state index in [1.807, 2.05) is 36.4 Å². The summed E-state index contributed by atoms with van der Waals surface area (Å²) in [6.45, 7) is 2.12. The number of anilines is 1. The van der Waals surface area contributed by atoms with Gasteiger partial charge in [-0.15, -0.1) is 0 Å². The molecule has 1 aromatic heterocycles. The summed E-state index contributed by atoms with van der Waals surface area (Å²) in [4.78, 5) is 26.9. The molecule has 7 nitrogen and oxygen atoms in total. The van der Waals surface area contributed by atoms with E-state index < -0.39 is 5.91 Å². The van der Waals surface area contributed by atoms with Crippen LogP contribution < -0.4 is 15.4 Å². The van der Waals surface area contributed by atoms with Crippen molar-refractivity contribution in [3.05, 3.63) is 70.9 Å². The minimum atomic E-state index is -0.452. The fourth-order valence-corrected chi connectivity index (χ4v) is 4.65. The predicted molar refractivity (Wildman–Crippen MR) is 131 cm³/mol. The highest BCUT2D eigenvalue weighted by molar-refractivity contribution is 7.99. The highest BCUT2D eigenvalue weighted by Crippen LogP contribution is 2.35. The molecule has 172 valence electrons. The monoisotopic (exact) mass is 483 g/mol. The van der Waals surface area contributed by atoms with Crippen LogP contribution in [0, 0.1) is 0 Å². The number of nitrogens with zero attached hydrogens (tertiary/aromatic N) is 4. The molecule has 1 atom stereocenters. The van der Waals surface area contributed by atoms with E-state index in [-0.39, 0.29) is 0 Å². The van der Waals surface area contributed by atoms with Crippen molar-refractivity contribution < 1.29 is 9.53 Å². The summed E-state index contributed by atoms with van der Waals surface area (Å²) < 4.78 is 6.15. The van der Waals surface area contributed by atoms with E-state index in [0.717, 1.165) is 34.9 Å². The number of amides is 1. The molecule has 9 heteroatoms. The first-order valence-corrected chi connectivity index (χ1v) is 11.8. The van der Waals surface area contributed by atoms with Crippen molar-refractivity contribution in [3.63, 3.8) is 0 Å². The molecule has 1 amide bonds. The van der Waals surface area contributed by atoms with E-state index in [1.54, 1.807) is 18.3 Å². The van der Waals surface area contributed by atoms with Crippen LogP contribution in [0.25, 0.3) is 0 Å². The van der Waals surface area contributed by atoms with Crippen LogP contribution in [-0.2, 0) is 6.61 Å². The molecule has 0 saturated carbocycles. The molecule has 4 rings (SSSR count). The number of primary amides is 1. The standard InChI is InChI=1S/C24H26ClN5O2S/c1-29(2)19-10-11-30(14-19)24-27-13-21(33-20-8-6-17(7-9-20)22(26)31)23(28-24)32-15-16-4-3-5-18(25)12-16/h3-9,12-13,19H,10-11,14-15H2,1-2H3,(H2,26,31)/t19-/m1/s1. The van der Waals surface area contributed by atoms with Crippen LogP contribution in [-0.4, -0.2) is 54.0 Å². The molecule has 0 spiro atoms. The third-order valence-electron chi connectivity index (χ3n) is 5.52. The first-order valence-electron chi connectivity index (χ1n) is 10.6. The fraction of sp³-hybridized carbons (Fsp3) is 0.292. The zero-order chi connectivity index (χ0) is 23.4. The minimum Gasteiger partial charge on any atom is -0.472 e. The quantitative estimate of drug-likeness (QED) is 0.516. The third-order valence-corrected chi connectivity index (χ3v) is 6.76. The average molecular weight is 484 g/mol. The van der Waals surface area contributed by atoms with Gasteiger partial charge in [0.1, 0.15) is 6.61 Å². The number of benzene rings is 2. The minimum absolute atomic E-state index is 0.339. The maximum absolute atomic E-state index is 11.4. The predicted octanol–water partition coefficient (Wildman–Crippen LogP) is 4.10. The van der Waals surface area contributed by atoms with E-state index in [1.165, 1.54) is 11.8 Å². The molecular weight excluding hydrogens is 458 g/mol. The van der Waals surface area contributed by atoms with Gasteiger partial charge in [0.05, 0.1) is 11.1 Å². The smallest absolute Gasteiger partial charge is 0.248 e. The summed E-state index contributed by atoms with van der Waals surface area (Å²) in [5.41, 5.74) is 6.77. The van der Waals surface area contributed by atoms with E-state index >= 15 is 0 Å². The van der Waals surface area contributed by atoms with E-state index in [4.69, 9.17) is 27.1 Å². The van der Waals surface area contributed by atoms with Crippen LogP contribution in [0.1, 0.15) is 22.3 Å². The molecule has 1 aliphatic heterocycles. The molecule has 1 saturated heterocycles. The van der Waals surface area contributed by atoms with Crippen molar-refractivity contribution in [2.24, 2.45) is 5.73 Å². The van der Waals surface area contributed by atoms with Crippen LogP contribution >= 0.6 is 23.4 Å². The Kier molecular flexibility index (Phi) is 7.37. The van der Waals surface area contributed by atoms with Gasteiger partial charge in [0.25, 0.3) is 0 Å². The normalized spacial score (nSPS) is 15.8. The van der Waals surface area contributed by atoms with Gasteiger partial charge in [-0.2, -0.15) is 4.98 Å². The maximum Gasteiger partial charge on any atom is 0.248 e. The molecule has 2 aromatic carbocycles. The SMILES string of the molecule is CN(C)[C@@H]1CCN(c2ncc(Sc3ccc(C(N)=O)cc3)c(OCc3cccc(Cl)c3)n2)C1. The van der Waals surface area contributed by atoms with Crippen molar-refractivity contribution in [1.82, 2.24) is 14.9 Å². The van der Waals surface area contributed by atoms with Crippen molar-refractivity contribution in [3.8, 4) is 5.88 Å². The Morgan fingerprint density at radius 1 is 1.27 bits per heavy atom. The van der Waals surface area contributed by atoms with Gasteiger partial charge in [0.15, 0.2) is 0 Å². The van der Waals surface area contributed by atoms with Gasteiger partial charge < -0.3 is 20.3 Å². The lowest BCUT2D eigenvalue weighted by Gasteiger charge is -2.21. The molecule has 1 aliphatic rings. The second-order valence-corrected chi connectivity index (χ2v) is 9.65. The number of nitrogens with two attached hydrogens (primary N) is 1. The molecule has 2 N–H and O–H groups in total. The van der Waals surface area contributed by atoms with E-state index in [9.17, 15) is 4.79 Å². The van der Waals surface area contributed by atoms with Crippen LogP contribution in [0.15, 0.2) is 64.5 Å². The zero-order valence-corrected chi connectivity index (χ0v) is 20.1. The number of carbonyl (C=O) groups is 1. The van der Waals surface area contributed by atoms with Gasteiger partial charge in [-0.1, -0.05) is 35.5 Å². The Labute approximate surface area is 202 Å². The van der Waals surface area contributed by atoms with Crippen LogP contribution in [0.5, 0.6) is 5.88 Å². The topological polar surface area (TPSA) is 84.6 Å². The lowest BCUT2D eigenvalue weighted by Crippen LogP contribution is -2.32. The molecule has 0 aliphatic carbocycles. The van der Waals surface area contributed by atoms with Crippen molar-refractivity contribution in [2.45, 2.75) is 28.9 Å². The number of carbonyl (C=O) groups excluding carboxylic acids is 1. The Morgan fingerprint density at radius 3 is 2.73 bits per heavy atom. The Balaban J connectivity index is 1.58. The first-order chi connectivity index (χ1) is 15.9. The Morgan fingerprint density at radius 2 is 2.06 bits per heavy atom. The first kappa shape index (κ1) is 23.4. The van der Waals surface area contributed by atoms with Gasteiger partial charge in [0.2, 0.25) is 17.7 Å². The molecule has 0 bridgehead atoms. The number of ether oxygens (including phenoxy) is 1. The summed E-state index contributed by atoms with van der Waals surface area (Å²) in [5.74, 6) is 0.720. The third kappa shape index (κ3) is 5.96. The number of halogens is 1. The average Bonchev–Trinajstić information content (AvgIpc) is 3.30. The molecule has 1 fully saturated rings. The zero-order valence-electron chi connectivity index (χ0n) is 18.6. The number of rotatable bonds is 8. The molecular formula is C24H26ClN5O2S. The Bertz CT molecular complexity index is 1130. The van der Waals surface area contributed by atoms with E-state index in [2.05, 4.69) is 28.9 Å². The van der Waals surface area contributed by atoms with E-state index in [0.29, 0.717) is 35.1 Å². The van der Waals surface area contributed by atoms with Crippen molar-refractivity contribution in [2.75, 3.05) is 32.1 Å². The molecule has 2 heterocycles. The molecule has 3 aromatic rings. The van der Waals surface area contributed by atoms with Crippen LogP contribution in [0.2, 0.25) is 5.02 Å². The summed E-state index contributed by atoms with van der Waals surface area (Å²) in [7, 11) is 4.19. The van der Waals surface area contributed by atoms with Crippen molar-refractivity contribution in [1.29, 1.82) is 0 Å². The highest BCUT2D eigenvalue weighted by atomic mass is 35.5. The second kappa shape index (κ2) is 10.4.